The Morgan fingerprint density at radius 1 is 0.853 bits per heavy atom. The van der Waals surface area contributed by atoms with E-state index in [9.17, 15) is 13.2 Å². The van der Waals surface area contributed by atoms with Crippen molar-refractivity contribution < 1.29 is 27.4 Å². The van der Waals surface area contributed by atoms with Crippen LogP contribution in [0.5, 0.6) is 17.2 Å². The Morgan fingerprint density at radius 3 is 2.15 bits per heavy atom. The lowest BCUT2D eigenvalue weighted by atomic mass is 10.1. The number of benzene rings is 3. The van der Waals surface area contributed by atoms with Crippen molar-refractivity contribution in [2.24, 2.45) is 0 Å². The quantitative estimate of drug-likeness (QED) is 0.401. The molecule has 2 N–H and O–H groups in total. The molecule has 0 bridgehead atoms. The summed E-state index contributed by atoms with van der Waals surface area (Å²) in [4.78, 5) is 12.5. The fourth-order valence-corrected chi connectivity index (χ4v) is 4.58. The Morgan fingerprint density at radius 2 is 1.53 bits per heavy atom. The molecule has 34 heavy (non-hydrogen) atoms. The highest BCUT2D eigenvalue weighted by molar-refractivity contribution is 7.92. The second-order valence-corrected chi connectivity index (χ2v) is 9.07. The van der Waals surface area contributed by atoms with Crippen LogP contribution in [0.15, 0.2) is 71.6 Å². The average molecular weight is 485 g/mol. The summed E-state index contributed by atoms with van der Waals surface area (Å²) in [5, 5.41) is 2.84. The van der Waals surface area contributed by atoms with Crippen LogP contribution in [0.2, 0.25) is 0 Å². The second kappa shape index (κ2) is 11.4. The third-order valence-corrected chi connectivity index (χ3v) is 6.49. The largest absolute Gasteiger partial charge is 0.497 e. The van der Waals surface area contributed by atoms with Crippen LogP contribution < -0.4 is 24.2 Å². The topological polar surface area (TPSA) is 103 Å². The Kier molecular flexibility index (Phi) is 8.37. The van der Waals surface area contributed by atoms with Gasteiger partial charge in [-0.15, -0.1) is 0 Å². The van der Waals surface area contributed by atoms with Crippen LogP contribution in [0, 0.1) is 0 Å². The van der Waals surface area contributed by atoms with Gasteiger partial charge in [-0.1, -0.05) is 30.3 Å². The standard InChI is InChI=1S/C25H28N2O6S/c1-31-21-15-20(16-22(17-21)32-2)27-34(29,30)24-14-19(11-12-23(24)33-3)25(28)26-13-7-10-18-8-5-4-6-9-18/h4-6,8-9,11-12,14-17,27H,7,10,13H2,1-3H3,(H,26,28). The van der Waals surface area contributed by atoms with Gasteiger partial charge in [0.1, 0.15) is 22.1 Å². The van der Waals surface area contributed by atoms with Crippen molar-refractivity contribution in [3.63, 3.8) is 0 Å². The van der Waals surface area contributed by atoms with E-state index in [4.69, 9.17) is 14.2 Å². The van der Waals surface area contributed by atoms with Gasteiger partial charge in [-0.3, -0.25) is 9.52 Å². The number of rotatable bonds is 11. The third-order valence-electron chi connectivity index (χ3n) is 5.09. The highest BCUT2D eigenvalue weighted by Gasteiger charge is 2.22. The summed E-state index contributed by atoms with van der Waals surface area (Å²) in [6.07, 6.45) is 1.59. The van der Waals surface area contributed by atoms with E-state index in [-0.39, 0.29) is 27.8 Å². The number of amides is 1. The van der Waals surface area contributed by atoms with E-state index in [0.29, 0.717) is 18.0 Å². The van der Waals surface area contributed by atoms with Gasteiger partial charge in [-0.05, 0) is 36.6 Å². The summed E-state index contributed by atoms with van der Waals surface area (Å²) in [6.45, 7) is 0.462. The number of carbonyl (C=O) groups is 1. The molecular weight excluding hydrogens is 456 g/mol. The van der Waals surface area contributed by atoms with Crippen LogP contribution >= 0.6 is 0 Å². The molecule has 0 saturated carbocycles. The smallest absolute Gasteiger partial charge is 0.265 e. The molecule has 0 aromatic heterocycles. The monoisotopic (exact) mass is 484 g/mol. The average Bonchev–Trinajstić information content (AvgIpc) is 2.86. The van der Waals surface area contributed by atoms with Gasteiger partial charge >= 0.3 is 0 Å². The predicted molar refractivity (Wildman–Crippen MR) is 130 cm³/mol. The van der Waals surface area contributed by atoms with Crippen LogP contribution in [0.3, 0.4) is 0 Å². The minimum absolute atomic E-state index is 0.114. The molecule has 0 fully saturated rings. The molecule has 0 aliphatic carbocycles. The molecule has 0 aliphatic heterocycles. The van der Waals surface area contributed by atoms with Gasteiger partial charge in [0.05, 0.1) is 27.0 Å². The molecule has 0 saturated heterocycles. The van der Waals surface area contributed by atoms with Crippen LogP contribution in [-0.4, -0.2) is 42.2 Å². The van der Waals surface area contributed by atoms with Crippen molar-refractivity contribution in [1.29, 1.82) is 0 Å². The zero-order valence-electron chi connectivity index (χ0n) is 19.3. The second-order valence-electron chi connectivity index (χ2n) is 7.42. The van der Waals surface area contributed by atoms with Gasteiger partial charge in [0, 0.05) is 30.3 Å². The van der Waals surface area contributed by atoms with E-state index in [0.717, 1.165) is 12.8 Å². The maximum atomic E-state index is 13.2. The van der Waals surface area contributed by atoms with Crippen molar-refractivity contribution in [3.05, 3.63) is 77.9 Å². The number of carbonyl (C=O) groups excluding carboxylic acids is 1. The fourth-order valence-electron chi connectivity index (χ4n) is 3.35. The van der Waals surface area contributed by atoms with Gasteiger partial charge in [-0.25, -0.2) is 8.42 Å². The Balaban J connectivity index is 1.75. The molecule has 0 heterocycles. The molecule has 0 spiro atoms. The van der Waals surface area contributed by atoms with Gasteiger partial charge in [-0.2, -0.15) is 0 Å². The Labute approximate surface area is 199 Å². The summed E-state index contributed by atoms with van der Waals surface area (Å²) >= 11 is 0. The minimum Gasteiger partial charge on any atom is -0.497 e. The molecule has 3 aromatic carbocycles. The van der Waals surface area contributed by atoms with E-state index in [2.05, 4.69) is 10.0 Å². The molecule has 0 radical (unpaired) electrons. The summed E-state index contributed by atoms with van der Waals surface area (Å²) in [5.74, 6) is 0.596. The lowest BCUT2D eigenvalue weighted by Gasteiger charge is -2.14. The molecule has 0 unspecified atom stereocenters. The van der Waals surface area contributed by atoms with Gasteiger partial charge in [0.15, 0.2) is 0 Å². The van der Waals surface area contributed by atoms with E-state index in [1.54, 1.807) is 6.07 Å². The van der Waals surface area contributed by atoms with E-state index in [1.807, 2.05) is 30.3 Å². The van der Waals surface area contributed by atoms with Crippen LogP contribution in [-0.2, 0) is 16.4 Å². The van der Waals surface area contributed by atoms with Crippen molar-refractivity contribution in [3.8, 4) is 17.2 Å². The SMILES string of the molecule is COc1cc(NS(=O)(=O)c2cc(C(=O)NCCCc3ccccc3)ccc2OC)cc(OC)c1. The molecule has 3 rings (SSSR count). The summed E-state index contributed by atoms with van der Waals surface area (Å²) < 4.78 is 44.5. The van der Waals surface area contributed by atoms with Crippen LogP contribution in [0.1, 0.15) is 22.3 Å². The van der Waals surface area contributed by atoms with E-state index in [1.165, 1.54) is 57.2 Å². The first-order valence-corrected chi connectivity index (χ1v) is 12.1. The number of methoxy groups -OCH3 is 3. The van der Waals surface area contributed by atoms with Gasteiger partial charge in [0.2, 0.25) is 0 Å². The molecule has 3 aromatic rings. The van der Waals surface area contributed by atoms with Gasteiger partial charge in [0.25, 0.3) is 15.9 Å². The van der Waals surface area contributed by atoms with Gasteiger partial charge < -0.3 is 19.5 Å². The predicted octanol–water partition coefficient (Wildman–Crippen LogP) is 3.88. The first kappa shape index (κ1) is 24.9. The highest BCUT2D eigenvalue weighted by Crippen LogP contribution is 2.30. The number of aryl methyl sites for hydroxylation is 1. The molecule has 180 valence electrons. The molecule has 0 aliphatic rings. The van der Waals surface area contributed by atoms with Crippen molar-refractivity contribution in [2.45, 2.75) is 17.7 Å². The Bertz CT molecular complexity index is 1210. The molecular formula is C25H28N2O6S. The van der Waals surface area contributed by atoms with Crippen LogP contribution in [0.25, 0.3) is 0 Å². The first-order valence-electron chi connectivity index (χ1n) is 10.6. The normalized spacial score (nSPS) is 10.9. The molecule has 9 heteroatoms. The zero-order chi connectivity index (χ0) is 24.6. The zero-order valence-corrected chi connectivity index (χ0v) is 20.1. The van der Waals surface area contributed by atoms with Crippen molar-refractivity contribution in [2.75, 3.05) is 32.6 Å². The lowest BCUT2D eigenvalue weighted by Crippen LogP contribution is -2.25. The number of ether oxygens (including phenoxy) is 3. The van der Waals surface area contributed by atoms with E-state index < -0.39 is 10.0 Å². The summed E-state index contributed by atoms with van der Waals surface area (Å²) in [5.41, 5.74) is 1.65. The molecule has 0 atom stereocenters. The highest BCUT2D eigenvalue weighted by atomic mass is 32.2. The van der Waals surface area contributed by atoms with E-state index >= 15 is 0 Å². The summed E-state index contributed by atoms with van der Waals surface area (Å²) in [7, 11) is 0.218. The minimum atomic E-state index is -4.09. The first-order chi connectivity index (χ1) is 16.4. The fraction of sp³-hybridized carbons (Fsp3) is 0.240. The maximum absolute atomic E-state index is 13.2. The van der Waals surface area contributed by atoms with Crippen LogP contribution in [0.4, 0.5) is 5.69 Å². The Hall–Kier alpha value is -3.72. The maximum Gasteiger partial charge on any atom is 0.265 e. The number of hydrogen-bond donors (Lipinski definition) is 2. The van der Waals surface area contributed by atoms with Crippen molar-refractivity contribution >= 4 is 21.6 Å². The lowest BCUT2D eigenvalue weighted by molar-refractivity contribution is 0.0953. The molecule has 1 amide bonds. The summed E-state index contributed by atoms with van der Waals surface area (Å²) in [6, 6.07) is 18.9. The molecule has 8 nitrogen and oxygen atoms in total. The number of sulfonamides is 1. The number of anilines is 1. The third kappa shape index (κ3) is 6.41. The number of nitrogens with one attached hydrogen (secondary N) is 2. The van der Waals surface area contributed by atoms with Crippen molar-refractivity contribution in [1.82, 2.24) is 5.32 Å². The number of hydrogen-bond acceptors (Lipinski definition) is 6.